The SMILES string of the molecule is c1ccc2cc3c(cc2c1)c1cc2ccccc2cc1n3-c1ccc(C2=NC(c3cccc4ccccc34)NC(c3cccc4ccccc34)=N2)cc1-c1cccc2sc3ccccc3c12. The lowest BCUT2D eigenvalue weighted by Crippen LogP contribution is -2.33. The first kappa shape index (κ1) is 37.0. The smallest absolute Gasteiger partial charge is 0.159 e. The third-order valence-corrected chi connectivity index (χ3v) is 14.7. The van der Waals surface area contributed by atoms with Crippen molar-refractivity contribution in [3.63, 3.8) is 0 Å². The number of aromatic nitrogens is 1. The summed E-state index contributed by atoms with van der Waals surface area (Å²) in [7, 11) is 0. The van der Waals surface area contributed by atoms with E-state index in [1.165, 1.54) is 85.2 Å². The van der Waals surface area contributed by atoms with Gasteiger partial charge in [0.1, 0.15) is 12.0 Å². The van der Waals surface area contributed by atoms with Gasteiger partial charge >= 0.3 is 0 Å². The molecule has 0 amide bonds. The standard InChI is InChI=1S/C61H38N4S/c1-3-18-41-35-54-51(32-39(41)16-1)52-33-40-17-2-4-19-42(40)36-55(52)65(54)53-31-30-43(34-50(53)46-25-13-29-57-58(46)49-24-9-10-28-56(49)66-57)59-62-60(47-26-11-20-37-14-5-7-22-44(37)47)64-61(63-59)48-27-12-21-38-15-6-8-23-45(38)48/h1-36,60H,(H,62,63,64). The van der Waals surface area contributed by atoms with E-state index in [0.29, 0.717) is 5.84 Å². The Bertz CT molecular complexity index is 4120. The van der Waals surface area contributed by atoms with Gasteiger partial charge in [0, 0.05) is 53.2 Å². The minimum Gasteiger partial charge on any atom is -0.344 e. The normalized spacial score (nSPS) is 14.2. The molecule has 1 unspecified atom stereocenters. The predicted molar refractivity (Wildman–Crippen MR) is 281 cm³/mol. The number of nitrogens with one attached hydrogen (secondary N) is 1. The lowest BCUT2D eigenvalue weighted by atomic mass is 9.95. The summed E-state index contributed by atoms with van der Waals surface area (Å²) in [5, 5.41) is 18.3. The molecule has 5 heteroatoms. The van der Waals surface area contributed by atoms with Crippen LogP contribution in [-0.4, -0.2) is 16.2 Å². The van der Waals surface area contributed by atoms with Gasteiger partial charge in [-0.3, -0.25) is 0 Å². The second-order valence-corrected chi connectivity index (χ2v) is 18.4. The third-order valence-electron chi connectivity index (χ3n) is 13.6. The Labute approximate surface area is 384 Å². The Balaban J connectivity index is 1.07. The van der Waals surface area contributed by atoms with Crippen molar-refractivity contribution >= 4 is 108 Å². The minimum absolute atomic E-state index is 0.385. The second-order valence-electron chi connectivity index (χ2n) is 17.3. The molecule has 0 radical (unpaired) electrons. The number of amidine groups is 2. The van der Waals surface area contributed by atoms with Gasteiger partial charge in [-0.15, -0.1) is 11.3 Å². The van der Waals surface area contributed by atoms with Gasteiger partial charge in [0.05, 0.1) is 16.7 Å². The molecule has 13 aromatic rings. The van der Waals surface area contributed by atoms with E-state index in [4.69, 9.17) is 9.98 Å². The van der Waals surface area contributed by atoms with Crippen LogP contribution >= 0.6 is 11.3 Å². The average molecular weight is 859 g/mol. The van der Waals surface area contributed by atoms with E-state index in [1.54, 1.807) is 0 Å². The molecular weight excluding hydrogens is 821 g/mol. The Morgan fingerprint density at radius 3 is 1.68 bits per heavy atom. The lowest BCUT2D eigenvalue weighted by Gasteiger charge is -2.25. The van der Waals surface area contributed by atoms with E-state index in [9.17, 15) is 0 Å². The molecule has 3 heterocycles. The maximum absolute atomic E-state index is 5.54. The van der Waals surface area contributed by atoms with Gasteiger partial charge in [0.2, 0.25) is 0 Å². The molecule has 4 nitrogen and oxygen atoms in total. The topological polar surface area (TPSA) is 41.7 Å². The third kappa shape index (κ3) is 5.77. The van der Waals surface area contributed by atoms with Crippen LogP contribution in [0.2, 0.25) is 0 Å². The van der Waals surface area contributed by atoms with Crippen molar-refractivity contribution in [1.82, 2.24) is 9.88 Å². The molecule has 0 saturated heterocycles. The van der Waals surface area contributed by atoms with Crippen molar-refractivity contribution in [3.05, 3.63) is 235 Å². The number of nitrogens with zero attached hydrogens (tertiary/aromatic N) is 3. The summed E-state index contributed by atoms with van der Waals surface area (Å²) in [4.78, 5) is 11.0. The molecule has 1 N–H and O–H groups in total. The van der Waals surface area contributed by atoms with Crippen LogP contribution in [0.1, 0.15) is 22.9 Å². The minimum atomic E-state index is -0.385. The molecule has 0 saturated carbocycles. The first-order chi connectivity index (χ1) is 32.7. The molecule has 1 aliphatic rings. The highest BCUT2D eigenvalue weighted by atomic mass is 32.1. The molecule has 66 heavy (non-hydrogen) atoms. The van der Waals surface area contributed by atoms with Gasteiger partial charge in [0.15, 0.2) is 5.84 Å². The largest absolute Gasteiger partial charge is 0.344 e. The van der Waals surface area contributed by atoms with Gasteiger partial charge in [-0.1, -0.05) is 164 Å². The summed E-state index contributed by atoms with van der Waals surface area (Å²) in [6.07, 6.45) is -0.385. The highest BCUT2D eigenvalue weighted by Crippen LogP contribution is 2.45. The van der Waals surface area contributed by atoms with Gasteiger partial charge in [-0.25, -0.2) is 9.98 Å². The van der Waals surface area contributed by atoms with Gasteiger partial charge in [-0.05, 0) is 103 Å². The van der Waals surface area contributed by atoms with Crippen molar-refractivity contribution in [2.45, 2.75) is 6.17 Å². The lowest BCUT2D eigenvalue weighted by molar-refractivity contribution is 0.680. The van der Waals surface area contributed by atoms with E-state index in [-0.39, 0.29) is 6.17 Å². The van der Waals surface area contributed by atoms with Crippen molar-refractivity contribution in [2.75, 3.05) is 0 Å². The maximum atomic E-state index is 5.54. The summed E-state index contributed by atoms with van der Waals surface area (Å²) in [6.45, 7) is 0. The predicted octanol–water partition coefficient (Wildman–Crippen LogP) is 15.9. The van der Waals surface area contributed by atoms with E-state index >= 15 is 0 Å². The van der Waals surface area contributed by atoms with E-state index in [2.05, 4.69) is 228 Å². The Morgan fingerprint density at radius 1 is 0.409 bits per heavy atom. The van der Waals surface area contributed by atoms with Crippen LogP contribution in [0.4, 0.5) is 0 Å². The molecular formula is C61H38N4S. The van der Waals surface area contributed by atoms with Crippen molar-refractivity contribution in [3.8, 4) is 16.8 Å². The molecule has 14 rings (SSSR count). The summed E-state index contributed by atoms with van der Waals surface area (Å²) in [6, 6.07) is 79.5. The van der Waals surface area contributed by atoms with Gasteiger partial charge in [-0.2, -0.15) is 0 Å². The summed E-state index contributed by atoms with van der Waals surface area (Å²) in [5.74, 6) is 1.48. The van der Waals surface area contributed by atoms with Crippen LogP contribution in [0.5, 0.6) is 0 Å². The maximum Gasteiger partial charge on any atom is 0.159 e. The molecule has 1 atom stereocenters. The summed E-state index contributed by atoms with van der Waals surface area (Å²) < 4.78 is 5.04. The highest BCUT2D eigenvalue weighted by Gasteiger charge is 2.26. The van der Waals surface area contributed by atoms with Gasteiger partial charge < -0.3 is 9.88 Å². The van der Waals surface area contributed by atoms with Crippen LogP contribution in [-0.2, 0) is 0 Å². The van der Waals surface area contributed by atoms with E-state index < -0.39 is 0 Å². The number of fused-ring (bicyclic) bond motifs is 10. The monoisotopic (exact) mass is 858 g/mol. The number of hydrogen-bond donors (Lipinski definition) is 1. The molecule has 308 valence electrons. The molecule has 0 bridgehead atoms. The molecule has 11 aromatic carbocycles. The Morgan fingerprint density at radius 2 is 0.955 bits per heavy atom. The first-order valence-electron chi connectivity index (χ1n) is 22.5. The zero-order chi connectivity index (χ0) is 43.3. The fraction of sp³-hybridized carbons (Fsp3) is 0.0164. The second kappa shape index (κ2) is 14.6. The molecule has 0 spiro atoms. The van der Waals surface area contributed by atoms with Crippen molar-refractivity contribution in [1.29, 1.82) is 0 Å². The van der Waals surface area contributed by atoms with Crippen LogP contribution in [0.3, 0.4) is 0 Å². The Hall–Kier alpha value is -8.38. The Kier molecular flexibility index (Phi) is 8.18. The number of aliphatic imine (C=N–C) groups is 2. The van der Waals surface area contributed by atoms with Crippen LogP contribution in [0.15, 0.2) is 228 Å². The average Bonchev–Trinajstić information content (AvgIpc) is 3.91. The summed E-state index contributed by atoms with van der Waals surface area (Å²) >= 11 is 1.85. The number of benzene rings is 11. The zero-order valence-electron chi connectivity index (χ0n) is 35.6. The van der Waals surface area contributed by atoms with Crippen LogP contribution in [0.25, 0.3) is 102 Å². The molecule has 2 aromatic heterocycles. The fourth-order valence-corrected chi connectivity index (χ4v) is 11.7. The fourth-order valence-electron chi connectivity index (χ4n) is 10.5. The number of rotatable bonds is 5. The van der Waals surface area contributed by atoms with Crippen LogP contribution in [0, 0.1) is 0 Å². The van der Waals surface area contributed by atoms with Crippen molar-refractivity contribution < 1.29 is 0 Å². The number of hydrogen-bond acceptors (Lipinski definition) is 4. The first-order valence-corrected chi connectivity index (χ1v) is 23.3. The number of thiophene rings is 1. The molecule has 0 aliphatic carbocycles. The molecule has 1 aliphatic heterocycles. The quantitative estimate of drug-likeness (QED) is 0.184. The van der Waals surface area contributed by atoms with Crippen molar-refractivity contribution in [2.24, 2.45) is 9.98 Å². The van der Waals surface area contributed by atoms with Crippen LogP contribution < -0.4 is 5.32 Å². The van der Waals surface area contributed by atoms with E-state index in [1.807, 2.05) is 11.3 Å². The summed E-state index contributed by atoms with van der Waals surface area (Å²) in [5.41, 5.74) is 8.83. The highest BCUT2D eigenvalue weighted by molar-refractivity contribution is 7.25. The van der Waals surface area contributed by atoms with E-state index in [0.717, 1.165) is 39.2 Å². The van der Waals surface area contributed by atoms with Gasteiger partial charge in [0.25, 0.3) is 0 Å². The molecule has 0 fully saturated rings. The zero-order valence-corrected chi connectivity index (χ0v) is 36.4.